The van der Waals surface area contributed by atoms with E-state index < -0.39 is 18.4 Å². The minimum Gasteiger partial charge on any atom is -0.480 e. The van der Waals surface area contributed by atoms with Crippen molar-refractivity contribution in [1.29, 1.82) is 0 Å². The van der Waals surface area contributed by atoms with Gasteiger partial charge in [-0.3, -0.25) is 14.4 Å². The average molecular weight is 307 g/mol. The minimum atomic E-state index is -1.16. The molecule has 0 fully saturated rings. The maximum absolute atomic E-state index is 12.6. The number of hydrogen-bond acceptors (Lipinski definition) is 3. The van der Waals surface area contributed by atoms with Gasteiger partial charge < -0.3 is 10.4 Å². The van der Waals surface area contributed by atoms with Crippen molar-refractivity contribution in [2.45, 2.75) is 0 Å². The van der Waals surface area contributed by atoms with Crippen LogP contribution in [-0.4, -0.2) is 29.3 Å². The Balaban J connectivity index is 2.14. The molecule has 5 nitrogen and oxygen atoms in total. The highest BCUT2D eigenvalue weighted by Crippen LogP contribution is 2.37. The highest BCUT2D eigenvalue weighted by atomic mass is 16.4. The zero-order valence-electron chi connectivity index (χ0n) is 12.1. The van der Waals surface area contributed by atoms with E-state index in [2.05, 4.69) is 5.32 Å². The van der Waals surface area contributed by atoms with Crippen molar-refractivity contribution < 1.29 is 19.5 Å². The number of ketones is 1. The quantitative estimate of drug-likeness (QED) is 0.845. The number of amides is 1. The molecule has 1 amide bonds. The smallest absolute Gasteiger partial charge is 0.322 e. The highest BCUT2D eigenvalue weighted by molar-refractivity contribution is 6.36. The second kappa shape index (κ2) is 5.88. The average Bonchev–Trinajstić information content (AvgIpc) is 2.87. The van der Waals surface area contributed by atoms with E-state index in [0.717, 1.165) is 5.56 Å². The number of benzene rings is 2. The van der Waals surface area contributed by atoms with E-state index in [0.29, 0.717) is 16.7 Å². The van der Waals surface area contributed by atoms with E-state index >= 15 is 0 Å². The Morgan fingerprint density at radius 3 is 2.17 bits per heavy atom. The molecule has 23 heavy (non-hydrogen) atoms. The fourth-order valence-corrected chi connectivity index (χ4v) is 2.65. The van der Waals surface area contributed by atoms with Gasteiger partial charge in [0, 0.05) is 11.1 Å². The number of carbonyl (C=O) groups is 3. The molecular weight excluding hydrogens is 294 g/mol. The zero-order chi connectivity index (χ0) is 16.4. The fraction of sp³-hybridized carbons (Fsp3) is 0.0556. The van der Waals surface area contributed by atoms with Gasteiger partial charge in [0.1, 0.15) is 6.54 Å². The molecule has 1 aliphatic carbocycles. The summed E-state index contributed by atoms with van der Waals surface area (Å²) in [6.45, 7) is -0.534. The van der Waals surface area contributed by atoms with Gasteiger partial charge in [0.15, 0.2) is 5.78 Å². The third-order valence-corrected chi connectivity index (χ3v) is 3.61. The summed E-state index contributed by atoms with van der Waals surface area (Å²) in [4.78, 5) is 35.6. The second-order valence-electron chi connectivity index (χ2n) is 5.07. The molecule has 2 aromatic rings. The fourth-order valence-electron chi connectivity index (χ4n) is 2.65. The lowest BCUT2D eigenvalue weighted by Crippen LogP contribution is -2.32. The van der Waals surface area contributed by atoms with Crippen LogP contribution in [0.25, 0.3) is 5.57 Å². The molecule has 0 bridgehead atoms. The summed E-state index contributed by atoms with van der Waals surface area (Å²) in [6.07, 6.45) is 0. The van der Waals surface area contributed by atoms with Crippen LogP contribution in [-0.2, 0) is 9.59 Å². The van der Waals surface area contributed by atoms with Crippen molar-refractivity contribution in [3.63, 3.8) is 0 Å². The van der Waals surface area contributed by atoms with Gasteiger partial charge in [0.25, 0.3) is 5.91 Å². The van der Waals surface area contributed by atoms with Crippen molar-refractivity contribution in [3.8, 4) is 0 Å². The molecule has 3 rings (SSSR count). The Morgan fingerprint density at radius 2 is 1.52 bits per heavy atom. The molecule has 0 unspecified atom stereocenters. The van der Waals surface area contributed by atoms with Crippen LogP contribution in [0, 0.1) is 0 Å². The topological polar surface area (TPSA) is 83.5 Å². The molecule has 1 aliphatic rings. The lowest BCUT2D eigenvalue weighted by molar-refractivity contribution is -0.137. The number of nitrogens with one attached hydrogen (secondary N) is 1. The van der Waals surface area contributed by atoms with Crippen molar-refractivity contribution in [1.82, 2.24) is 5.32 Å². The van der Waals surface area contributed by atoms with E-state index in [9.17, 15) is 14.4 Å². The predicted molar refractivity (Wildman–Crippen MR) is 83.9 cm³/mol. The zero-order valence-corrected chi connectivity index (χ0v) is 12.1. The van der Waals surface area contributed by atoms with Gasteiger partial charge in [0.05, 0.1) is 5.57 Å². The van der Waals surface area contributed by atoms with Crippen LogP contribution >= 0.6 is 0 Å². The molecule has 0 saturated heterocycles. The van der Waals surface area contributed by atoms with Crippen LogP contribution < -0.4 is 5.32 Å². The Kier molecular flexibility index (Phi) is 3.76. The minimum absolute atomic E-state index is 0.0151. The Bertz CT molecular complexity index is 837. The van der Waals surface area contributed by atoms with Gasteiger partial charge in [-0.1, -0.05) is 54.6 Å². The van der Waals surface area contributed by atoms with E-state index in [1.807, 2.05) is 30.3 Å². The molecule has 0 spiro atoms. The maximum Gasteiger partial charge on any atom is 0.322 e. The molecule has 0 atom stereocenters. The lowest BCUT2D eigenvalue weighted by atomic mass is 9.97. The van der Waals surface area contributed by atoms with Crippen LogP contribution in [0.3, 0.4) is 0 Å². The molecule has 2 aromatic carbocycles. The first-order chi connectivity index (χ1) is 11.1. The molecule has 0 radical (unpaired) electrons. The molecule has 2 N–H and O–H groups in total. The molecular formula is C18H13NO4. The number of hydrogen-bond donors (Lipinski definition) is 2. The van der Waals surface area contributed by atoms with E-state index in [-0.39, 0.29) is 11.4 Å². The van der Waals surface area contributed by atoms with Gasteiger partial charge in [0.2, 0.25) is 0 Å². The number of fused-ring (bicyclic) bond motifs is 1. The maximum atomic E-state index is 12.6. The standard InChI is InChI=1S/C18H13NO4/c20-14(21)10-19-18(23)16-15(11-6-2-1-3-7-11)12-8-4-5-9-13(12)17(16)22/h1-9H,10H2,(H,19,23)(H,20,21). The van der Waals surface area contributed by atoms with Crippen LogP contribution in [0.4, 0.5) is 0 Å². The SMILES string of the molecule is O=C(O)CNC(=O)C1=C(c2ccccc2)c2ccccc2C1=O. The monoisotopic (exact) mass is 307 g/mol. The molecule has 0 aromatic heterocycles. The molecule has 0 saturated carbocycles. The van der Waals surface area contributed by atoms with Crippen molar-refractivity contribution in [2.75, 3.05) is 6.54 Å². The van der Waals surface area contributed by atoms with E-state index in [1.165, 1.54) is 0 Å². The summed E-state index contributed by atoms with van der Waals surface area (Å²) in [5.74, 6) is -2.22. The van der Waals surface area contributed by atoms with Crippen LogP contribution in [0.5, 0.6) is 0 Å². The largest absolute Gasteiger partial charge is 0.480 e. The molecule has 114 valence electrons. The third-order valence-electron chi connectivity index (χ3n) is 3.61. The molecule has 0 aliphatic heterocycles. The molecule has 0 heterocycles. The summed E-state index contributed by atoms with van der Waals surface area (Å²) in [6, 6.07) is 16.1. The van der Waals surface area contributed by atoms with Crippen molar-refractivity contribution in [2.24, 2.45) is 0 Å². The Hall–Kier alpha value is -3.21. The first-order valence-corrected chi connectivity index (χ1v) is 7.03. The number of aliphatic carboxylic acids is 1. The lowest BCUT2D eigenvalue weighted by Gasteiger charge is -2.08. The highest BCUT2D eigenvalue weighted by Gasteiger charge is 2.34. The number of carboxylic acid groups (broad SMARTS) is 1. The summed E-state index contributed by atoms with van der Waals surface area (Å²) >= 11 is 0. The first kappa shape index (κ1) is 14.7. The van der Waals surface area contributed by atoms with Crippen LogP contribution in [0.1, 0.15) is 21.5 Å². The van der Waals surface area contributed by atoms with Gasteiger partial charge in [-0.25, -0.2) is 0 Å². The predicted octanol–water partition coefficient (Wildman–Crippen LogP) is 1.89. The van der Waals surface area contributed by atoms with E-state index in [4.69, 9.17) is 5.11 Å². The van der Waals surface area contributed by atoms with Crippen molar-refractivity contribution in [3.05, 3.63) is 76.9 Å². The van der Waals surface area contributed by atoms with Crippen LogP contribution in [0.2, 0.25) is 0 Å². The summed E-state index contributed by atoms with van der Waals surface area (Å²) in [5.41, 5.74) is 2.40. The van der Waals surface area contributed by atoms with E-state index in [1.54, 1.807) is 24.3 Å². The first-order valence-electron chi connectivity index (χ1n) is 7.03. The number of rotatable bonds is 4. The van der Waals surface area contributed by atoms with Gasteiger partial charge in [-0.15, -0.1) is 0 Å². The van der Waals surface area contributed by atoms with Gasteiger partial charge in [-0.05, 0) is 11.1 Å². The Morgan fingerprint density at radius 1 is 0.913 bits per heavy atom. The van der Waals surface area contributed by atoms with Gasteiger partial charge in [-0.2, -0.15) is 0 Å². The summed E-state index contributed by atoms with van der Waals surface area (Å²) in [5, 5.41) is 11.0. The Labute approximate surface area is 132 Å². The second-order valence-corrected chi connectivity index (χ2v) is 5.07. The number of Topliss-reactive ketones (excluding diaryl/α,β-unsaturated/α-hetero) is 1. The van der Waals surface area contributed by atoms with Crippen LogP contribution in [0.15, 0.2) is 60.2 Å². The van der Waals surface area contributed by atoms with Crippen molar-refractivity contribution >= 4 is 23.2 Å². The molecule has 5 heteroatoms. The normalized spacial score (nSPS) is 13.0. The third kappa shape index (κ3) is 2.64. The summed E-state index contributed by atoms with van der Waals surface area (Å²) < 4.78 is 0. The number of carboxylic acids is 1. The number of carbonyl (C=O) groups excluding carboxylic acids is 2. The van der Waals surface area contributed by atoms with Gasteiger partial charge >= 0.3 is 5.97 Å². The summed E-state index contributed by atoms with van der Waals surface area (Å²) in [7, 11) is 0.